The Balaban J connectivity index is 1.29. The van der Waals surface area contributed by atoms with Crippen molar-refractivity contribution in [3.8, 4) is 0 Å². The Morgan fingerprint density at radius 3 is 2.35 bits per heavy atom. The number of nitrogens with zero attached hydrogens (tertiary/aromatic N) is 3. The minimum atomic E-state index is -0.335. The van der Waals surface area contributed by atoms with Crippen LogP contribution in [0, 0.1) is 22.0 Å². The largest absolute Gasteiger partial charge is 0.298 e. The Morgan fingerprint density at radius 2 is 1.78 bits per heavy atom. The van der Waals surface area contributed by atoms with Crippen molar-refractivity contribution in [1.82, 2.24) is 9.80 Å². The molecule has 1 heterocycles. The molecule has 3 atom stereocenters. The van der Waals surface area contributed by atoms with Gasteiger partial charge in [0.25, 0.3) is 5.69 Å². The maximum atomic E-state index is 10.7. The number of hydrogen-bond acceptors (Lipinski definition) is 4. The average Bonchev–Trinajstić information content (AvgIpc) is 3.19. The fourth-order valence-electron chi connectivity index (χ4n) is 4.89. The molecule has 124 valence electrons. The van der Waals surface area contributed by atoms with Crippen molar-refractivity contribution in [3.05, 3.63) is 39.9 Å². The number of fused-ring (bicyclic) bond motifs is 2. The first-order chi connectivity index (χ1) is 11.2. The van der Waals surface area contributed by atoms with Crippen LogP contribution in [0.5, 0.6) is 0 Å². The van der Waals surface area contributed by atoms with Crippen molar-refractivity contribution >= 4 is 5.69 Å². The Labute approximate surface area is 137 Å². The molecule has 3 unspecified atom stereocenters. The summed E-state index contributed by atoms with van der Waals surface area (Å²) in [6, 6.07) is 7.86. The van der Waals surface area contributed by atoms with E-state index in [1.165, 1.54) is 44.3 Å². The maximum absolute atomic E-state index is 10.7. The van der Waals surface area contributed by atoms with E-state index in [1.54, 1.807) is 12.1 Å². The smallest absolute Gasteiger partial charge is 0.269 e. The van der Waals surface area contributed by atoms with E-state index >= 15 is 0 Å². The van der Waals surface area contributed by atoms with Crippen LogP contribution >= 0.6 is 0 Å². The van der Waals surface area contributed by atoms with Crippen LogP contribution in [0.15, 0.2) is 24.3 Å². The van der Waals surface area contributed by atoms with Gasteiger partial charge in [-0.05, 0) is 36.7 Å². The number of nitro benzene ring substituents is 1. The molecule has 5 heteroatoms. The molecular weight excluding hydrogens is 290 g/mol. The van der Waals surface area contributed by atoms with Crippen molar-refractivity contribution in [2.24, 2.45) is 11.8 Å². The molecule has 2 saturated carbocycles. The lowest BCUT2D eigenvalue weighted by molar-refractivity contribution is -0.384. The second kappa shape index (κ2) is 6.21. The number of piperazine rings is 1. The molecule has 4 rings (SSSR count). The lowest BCUT2D eigenvalue weighted by Gasteiger charge is -2.41. The highest BCUT2D eigenvalue weighted by atomic mass is 16.6. The molecule has 2 aliphatic carbocycles. The van der Waals surface area contributed by atoms with Gasteiger partial charge >= 0.3 is 0 Å². The Hall–Kier alpha value is -1.46. The van der Waals surface area contributed by atoms with E-state index in [0.717, 1.165) is 37.5 Å². The second-order valence-corrected chi connectivity index (χ2v) is 7.48. The third-order valence-electron chi connectivity index (χ3n) is 6.13. The molecule has 1 aromatic carbocycles. The molecule has 0 aromatic heterocycles. The molecule has 0 N–H and O–H groups in total. The first-order valence-corrected chi connectivity index (χ1v) is 8.89. The Bertz CT molecular complexity index is 566. The average molecular weight is 315 g/mol. The number of nitro groups is 1. The molecule has 23 heavy (non-hydrogen) atoms. The van der Waals surface area contributed by atoms with Crippen molar-refractivity contribution in [3.63, 3.8) is 0 Å². The van der Waals surface area contributed by atoms with Crippen LogP contribution < -0.4 is 0 Å². The summed E-state index contributed by atoms with van der Waals surface area (Å²) in [5.74, 6) is 1.99. The highest BCUT2D eigenvalue weighted by Gasteiger charge is 2.42. The van der Waals surface area contributed by atoms with Gasteiger partial charge in [0, 0.05) is 50.9 Å². The van der Waals surface area contributed by atoms with E-state index in [0.29, 0.717) is 0 Å². The normalized spacial score (nSPS) is 31.6. The standard InChI is InChI=1S/C18H25N3O2/c22-21(23)17-5-2-14(3-6-17)13-19-7-9-20(10-8-19)18-12-15-1-4-16(18)11-15/h2-3,5-6,15-16,18H,1,4,7-13H2. The van der Waals surface area contributed by atoms with E-state index in [9.17, 15) is 10.1 Å². The fraction of sp³-hybridized carbons (Fsp3) is 0.667. The summed E-state index contributed by atoms with van der Waals surface area (Å²) in [5.41, 5.74) is 1.35. The highest BCUT2D eigenvalue weighted by molar-refractivity contribution is 5.32. The summed E-state index contributed by atoms with van der Waals surface area (Å²) >= 11 is 0. The predicted octanol–water partition coefficient (Wildman–Crippen LogP) is 2.90. The van der Waals surface area contributed by atoms with Crippen LogP contribution in [0.1, 0.15) is 31.2 Å². The topological polar surface area (TPSA) is 49.6 Å². The molecule has 0 radical (unpaired) electrons. The summed E-state index contributed by atoms with van der Waals surface area (Å²) in [6.45, 7) is 5.50. The van der Waals surface area contributed by atoms with Gasteiger partial charge in [-0.1, -0.05) is 18.6 Å². The second-order valence-electron chi connectivity index (χ2n) is 7.48. The van der Waals surface area contributed by atoms with Crippen molar-refractivity contribution < 1.29 is 4.92 Å². The van der Waals surface area contributed by atoms with E-state index < -0.39 is 0 Å². The van der Waals surface area contributed by atoms with Gasteiger partial charge < -0.3 is 0 Å². The van der Waals surface area contributed by atoms with Crippen molar-refractivity contribution in [2.75, 3.05) is 26.2 Å². The first-order valence-electron chi connectivity index (χ1n) is 8.89. The molecular formula is C18H25N3O2. The molecule has 3 fully saturated rings. The third kappa shape index (κ3) is 3.12. The number of non-ortho nitro benzene ring substituents is 1. The molecule has 5 nitrogen and oxygen atoms in total. The van der Waals surface area contributed by atoms with Crippen molar-refractivity contribution in [2.45, 2.75) is 38.3 Å². The van der Waals surface area contributed by atoms with Crippen molar-refractivity contribution in [1.29, 1.82) is 0 Å². The number of hydrogen-bond donors (Lipinski definition) is 0. The quantitative estimate of drug-likeness (QED) is 0.633. The molecule has 1 saturated heterocycles. The maximum Gasteiger partial charge on any atom is 0.269 e. The van der Waals surface area contributed by atoms with Crippen LogP contribution in [0.3, 0.4) is 0 Å². The molecule has 1 aromatic rings. The third-order valence-corrected chi connectivity index (χ3v) is 6.13. The van der Waals surface area contributed by atoms with Gasteiger partial charge in [0.15, 0.2) is 0 Å². The van der Waals surface area contributed by atoms with Crippen LogP contribution in [0.25, 0.3) is 0 Å². The Morgan fingerprint density at radius 1 is 1.04 bits per heavy atom. The zero-order chi connectivity index (χ0) is 15.8. The minimum Gasteiger partial charge on any atom is -0.298 e. The fourth-order valence-corrected chi connectivity index (χ4v) is 4.89. The van der Waals surface area contributed by atoms with Gasteiger partial charge in [-0.25, -0.2) is 0 Å². The predicted molar refractivity (Wildman–Crippen MR) is 89.2 cm³/mol. The zero-order valence-electron chi connectivity index (χ0n) is 13.6. The summed E-state index contributed by atoms with van der Waals surface area (Å²) in [7, 11) is 0. The summed E-state index contributed by atoms with van der Waals surface area (Å²) in [5, 5.41) is 10.7. The molecule has 0 spiro atoms. The summed E-state index contributed by atoms with van der Waals surface area (Å²) in [4.78, 5) is 15.6. The van der Waals surface area contributed by atoms with Gasteiger partial charge in [0.1, 0.15) is 0 Å². The van der Waals surface area contributed by atoms with E-state index in [2.05, 4.69) is 9.80 Å². The van der Waals surface area contributed by atoms with Gasteiger partial charge in [-0.2, -0.15) is 0 Å². The highest BCUT2D eigenvalue weighted by Crippen LogP contribution is 2.46. The van der Waals surface area contributed by atoms with Gasteiger partial charge in [-0.15, -0.1) is 0 Å². The van der Waals surface area contributed by atoms with E-state index in [4.69, 9.17) is 0 Å². The molecule has 2 bridgehead atoms. The molecule has 3 aliphatic rings. The lowest BCUT2D eigenvalue weighted by Crippen LogP contribution is -2.51. The van der Waals surface area contributed by atoms with Crippen LogP contribution in [-0.4, -0.2) is 46.9 Å². The van der Waals surface area contributed by atoms with Gasteiger partial charge in [-0.3, -0.25) is 19.9 Å². The SMILES string of the molecule is O=[N+]([O-])c1ccc(CN2CCN(C3CC4CCC3C4)CC2)cc1. The molecule has 0 amide bonds. The Kier molecular flexibility index (Phi) is 4.07. The van der Waals surface area contributed by atoms with E-state index in [1.807, 2.05) is 12.1 Å². The zero-order valence-corrected chi connectivity index (χ0v) is 13.6. The minimum absolute atomic E-state index is 0.176. The van der Waals surface area contributed by atoms with Gasteiger partial charge in [0.05, 0.1) is 4.92 Å². The summed E-state index contributed by atoms with van der Waals surface area (Å²) < 4.78 is 0. The molecule has 1 aliphatic heterocycles. The monoisotopic (exact) mass is 315 g/mol. The summed E-state index contributed by atoms with van der Waals surface area (Å²) in [6.07, 6.45) is 5.85. The number of benzene rings is 1. The van der Waals surface area contributed by atoms with Crippen LogP contribution in [0.2, 0.25) is 0 Å². The van der Waals surface area contributed by atoms with Gasteiger partial charge in [0.2, 0.25) is 0 Å². The van der Waals surface area contributed by atoms with Crippen LogP contribution in [-0.2, 0) is 6.54 Å². The first kappa shape index (κ1) is 15.1. The van der Waals surface area contributed by atoms with Crippen LogP contribution in [0.4, 0.5) is 5.69 Å². The number of rotatable bonds is 4. The lowest BCUT2D eigenvalue weighted by atomic mass is 9.93. The van der Waals surface area contributed by atoms with E-state index in [-0.39, 0.29) is 10.6 Å².